The molecular weight excluding hydrogens is 382 g/mol. The van der Waals surface area contributed by atoms with E-state index in [9.17, 15) is 4.79 Å². The monoisotopic (exact) mass is 407 g/mol. The first-order valence-electron chi connectivity index (χ1n) is 9.87. The number of hydrogen-bond donors (Lipinski definition) is 2. The number of hydrogen-bond acceptors (Lipinski definition) is 7. The number of carbonyl (C=O) groups is 1. The molecule has 8 heteroatoms. The average Bonchev–Trinajstić information content (AvgIpc) is 2.78. The van der Waals surface area contributed by atoms with E-state index in [0.29, 0.717) is 28.4 Å². The lowest BCUT2D eigenvalue weighted by Crippen LogP contribution is -2.42. The summed E-state index contributed by atoms with van der Waals surface area (Å²) in [6, 6.07) is 11.5. The van der Waals surface area contributed by atoms with Crippen LogP contribution in [0.3, 0.4) is 0 Å². The number of amides is 1. The van der Waals surface area contributed by atoms with Gasteiger partial charge in [-0.1, -0.05) is 6.07 Å². The molecule has 8 nitrogen and oxygen atoms in total. The number of fused-ring (bicyclic) bond motifs is 1. The first-order chi connectivity index (χ1) is 14.6. The molecule has 2 heterocycles. The second-order valence-electron chi connectivity index (χ2n) is 7.26. The molecule has 1 atom stereocenters. The summed E-state index contributed by atoms with van der Waals surface area (Å²) in [4.78, 5) is 22.7. The molecule has 0 aliphatic carbocycles. The number of carbonyl (C=O) groups excluding carboxylic acids is 1. The first-order valence-corrected chi connectivity index (χ1v) is 9.87. The van der Waals surface area contributed by atoms with Crippen LogP contribution in [0.4, 0.5) is 11.5 Å². The van der Waals surface area contributed by atoms with E-state index in [1.165, 1.54) is 6.33 Å². The highest BCUT2D eigenvalue weighted by molar-refractivity contribution is 6.06. The molecule has 156 valence electrons. The lowest BCUT2D eigenvalue weighted by molar-refractivity contribution is 0.100. The molecular formula is C22H25N5O3. The largest absolute Gasteiger partial charge is 0.493 e. The molecule has 0 saturated carbocycles. The van der Waals surface area contributed by atoms with Crippen LogP contribution < -0.4 is 25.4 Å². The number of ether oxygens (including phenoxy) is 2. The van der Waals surface area contributed by atoms with Crippen molar-refractivity contribution in [1.29, 1.82) is 0 Å². The van der Waals surface area contributed by atoms with Gasteiger partial charge in [0.15, 0.2) is 11.5 Å². The molecule has 1 aliphatic rings. The van der Waals surface area contributed by atoms with Crippen LogP contribution in [0.1, 0.15) is 23.2 Å². The minimum atomic E-state index is -0.498. The Labute approximate surface area is 175 Å². The number of primary amides is 1. The third-order valence-corrected chi connectivity index (χ3v) is 5.42. The van der Waals surface area contributed by atoms with Crippen LogP contribution in [0, 0.1) is 0 Å². The molecule has 1 fully saturated rings. The molecule has 1 amide bonds. The van der Waals surface area contributed by atoms with Crippen molar-refractivity contribution in [3.05, 3.63) is 48.3 Å². The summed E-state index contributed by atoms with van der Waals surface area (Å²) < 4.78 is 10.8. The maximum Gasteiger partial charge on any atom is 0.250 e. The average molecular weight is 407 g/mol. The molecule has 1 aliphatic heterocycles. The fourth-order valence-corrected chi connectivity index (χ4v) is 3.95. The molecule has 1 saturated heterocycles. The third kappa shape index (κ3) is 3.80. The highest BCUT2D eigenvalue weighted by atomic mass is 16.5. The Balaban J connectivity index is 1.57. The minimum absolute atomic E-state index is 0.196. The smallest absolute Gasteiger partial charge is 0.250 e. The Morgan fingerprint density at radius 3 is 2.77 bits per heavy atom. The van der Waals surface area contributed by atoms with Gasteiger partial charge in [-0.05, 0) is 37.1 Å². The van der Waals surface area contributed by atoms with Gasteiger partial charge in [-0.3, -0.25) is 4.79 Å². The second kappa shape index (κ2) is 8.44. The van der Waals surface area contributed by atoms with Gasteiger partial charge >= 0.3 is 0 Å². The van der Waals surface area contributed by atoms with Crippen molar-refractivity contribution in [3.63, 3.8) is 0 Å². The van der Waals surface area contributed by atoms with Crippen LogP contribution in [0.5, 0.6) is 11.5 Å². The first kappa shape index (κ1) is 19.8. The standard InChI is InChI=1S/C22H25N5O3/c1-29-18-9-8-15(11-19(18)30-2)27-10-4-5-14(12-27)26-22-17-7-3-6-16(21(23)28)20(17)24-13-25-22/h3,6-9,11,13-14H,4-5,10,12H2,1-2H3,(H2,23,28)(H,24,25,26). The van der Waals surface area contributed by atoms with Gasteiger partial charge in [-0.25, -0.2) is 9.97 Å². The van der Waals surface area contributed by atoms with Gasteiger partial charge in [-0.15, -0.1) is 0 Å². The summed E-state index contributed by atoms with van der Waals surface area (Å²) in [5.41, 5.74) is 7.54. The van der Waals surface area contributed by atoms with Crippen LogP contribution in [-0.4, -0.2) is 49.2 Å². The number of aromatic nitrogens is 2. The van der Waals surface area contributed by atoms with E-state index in [2.05, 4.69) is 20.2 Å². The lowest BCUT2D eigenvalue weighted by atomic mass is 10.0. The zero-order valence-corrected chi connectivity index (χ0v) is 17.1. The van der Waals surface area contributed by atoms with Crippen LogP contribution in [0.2, 0.25) is 0 Å². The Hall–Kier alpha value is -3.55. The SMILES string of the molecule is COc1ccc(N2CCCC(Nc3ncnc4c(C(N)=O)cccc34)C2)cc1OC. The number of rotatable bonds is 6. The van der Waals surface area contributed by atoms with E-state index in [0.717, 1.165) is 37.0 Å². The Kier molecular flexibility index (Phi) is 5.56. The van der Waals surface area contributed by atoms with Crippen LogP contribution in [0.25, 0.3) is 10.9 Å². The normalized spacial score (nSPS) is 16.3. The Morgan fingerprint density at radius 1 is 1.17 bits per heavy atom. The van der Waals surface area contributed by atoms with Gasteiger partial charge in [0.2, 0.25) is 0 Å². The molecule has 3 aromatic rings. The van der Waals surface area contributed by atoms with Gasteiger partial charge < -0.3 is 25.4 Å². The number of nitrogens with one attached hydrogen (secondary N) is 1. The topological polar surface area (TPSA) is 103 Å². The highest BCUT2D eigenvalue weighted by Gasteiger charge is 2.22. The predicted molar refractivity (Wildman–Crippen MR) is 116 cm³/mol. The fraction of sp³-hybridized carbons (Fsp3) is 0.318. The van der Waals surface area contributed by atoms with E-state index in [1.54, 1.807) is 26.4 Å². The Morgan fingerprint density at radius 2 is 2.00 bits per heavy atom. The highest BCUT2D eigenvalue weighted by Crippen LogP contribution is 2.33. The summed E-state index contributed by atoms with van der Waals surface area (Å²) in [6.45, 7) is 1.78. The van der Waals surface area contributed by atoms with Gasteiger partial charge in [0, 0.05) is 36.3 Å². The molecule has 30 heavy (non-hydrogen) atoms. The Bertz CT molecular complexity index is 1070. The molecule has 3 N–H and O–H groups in total. The molecule has 0 bridgehead atoms. The van der Waals surface area contributed by atoms with Gasteiger partial charge in [-0.2, -0.15) is 0 Å². The summed E-state index contributed by atoms with van der Waals surface area (Å²) >= 11 is 0. The number of benzene rings is 2. The molecule has 4 rings (SSSR count). The lowest BCUT2D eigenvalue weighted by Gasteiger charge is -2.35. The maximum atomic E-state index is 11.7. The summed E-state index contributed by atoms with van der Waals surface area (Å²) in [6.07, 6.45) is 3.53. The van der Waals surface area contributed by atoms with Crippen LogP contribution in [0.15, 0.2) is 42.7 Å². The third-order valence-electron chi connectivity index (χ3n) is 5.42. The number of nitrogens with zero attached hydrogens (tertiary/aromatic N) is 3. The van der Waals surface area contributed by atoms with E-state index in [1.807, 2.05) is 24.3 Å². The van der Waals surface area contributed by atoms with Crippen molar-refractivity contribution >= 4 is 28.3 Å². The van der Waals surface area contributed by atoms with Gasteiger partial charge in [0.05, 0.1) is 25.3 Å². The molecule has 0 spiro atoms. The van der Waals surface area contributed by atoms with Crippen LogP contribution in [-0.2, 0) is 0 Å². The number of methoxy groups -OCH3 is 2. The summed E-state index contributed by atoms with van der Waals surface area (Å²) in [7, 11) is 3.27. The van der Waals surface area contributed by atoms with Gasteiger partial charge in [0.1, 0.15) is 12.1 Å². The maximum absolute atomic E-state index is 11.7. The quantitative estimate of drug-likeness (QED) is 0.648. The summed E-state index contributed by atoms with van der Waals surface area (Å²) in [5.74, 6) is 1.64. The van der Waals surface area contributed by atoms with Crippen molar-refractivity contribution in [3.8, 4) is 11.5 Å². The summed E-state index contributed by atoms with van der Waals surface area (Å²) in [5, 5.41) is 4.33. The number of anilines is 2. The van der Waals surface area contributed by atoms with Crippen LogP contribution >= 0.6 is 0 Å². The predicted octanol–water partition coefficient (Wildman–Crippen LogP) is 2.83. The van der Waals surface area contributed by atoms with E-state index in [4.69, 9.17) is 15.2 Å². The van der Waals surface area contributed by atoms with E-state index in [-0.39, 0.29) is 6.04 Å². The van der Waals surface area contributed by atoms with Crippen molar-refractivity contribution in [1.82, 2.24) is 9.97 Å². The minimum Gasteiger partial charge on any atom is -0.493 e. The zero-order chi connectivity index (χ0) is 21.1. The van der Waals surface area contributed by atoms with Gasteiger partial charge in [0.25, 0.3) is 5.91 Å². The molecule has 2 aromatic carbocycles. The van der Waals surface area contributed by atoms with Crippen molar-refractivity contribution in [2.24, 2.45) is 5.73 Å². The molecule has 0 radical (unpaired) electrons. The second-order valence-corrected chi connectivity index (χ2v) is 7.26. The fourth-order valence-electron chi connectivity index (χ4n) is 3.95. The molecule has 1 aromatic heterocycles. The van der Waals surface area contributed by atoms with Crippen molar-refractivity contribution < 1.29 is 14.3 Å². The number of para-hydroxylation sites is 1. The molecule has 1 unspecified atom stereocenters. The van der Waals surface area contributed by atoms with Crippen molar-refractivity contribution in [2.75, 3.05) is 37.5 Å². The van der Waals surface area contributed by atoms with E-state index < -0.39 is 5.91 Å². The van der Waals surface area contributed by atoms with Crippen molar-refractivity contribution in [2.45, 2.75) is 18.9 Å². The zero-order valence-electron chi connectivity index (χ0n) is 17.1. The number of nitrogens with two attached hydrogens (primary N) is 1. The van der Waals surface area contributed by atoms with E-state index >= 15 is 0 Å². The number of piperidine rings is 1.